The number of nitrogens with two attached hydrogens (primary N) is 1. The van der Waals surface area contributed by atoms with E-state index in [1.807, 2.05) is 18.7 Å². The van der Waals surface area contributed by atoms with Gasteiger partial charge in [0.05, 0.1) is 16.9 Å². The zero-order chi connectivity index (χ0) is 10.7. The van der Waals surface area contributed by atoms with E-state index in [4.69, 9.17) is 5.73 Å². The smallest absolute Gasteiger partial charge is 0.0966 e. The number of anilines is 1. The Bertz CT molecular complexity index is 310. The lowest BCUT2D eigenvalue weighted by molar-refractivity contribution is 0.641. The van der Waals surface area contributed by atoms with Crippen molar-refractivity contribution in [2.24, 2.45) is 5.92 Å². The number of aromatic nitrogens is 1. The van der Waals surface area contributed by atoms with Gasteiger partial charge in [0.15, 0.2) is 0 Å². The minimum absolute atomic E-state index is 0.588. The molecule has 0 saturated carbocycles. The van der Waals surface area contributed by atoms with Crippen molar-refractivity contribution in [3.8, 4) is 0 Å². The van der Waals surface area contributed by atoms with E-state index in [2.05, 4.69) is 31.8 Å². The summed E-state index contributed by atoms with van der Waals surface area (Å²) in [5, 5.41) is 1.66. The van der Waals surface area contributed by atoms with Crippen molar-refractivity contribution in [1.29, 1.82) is 0 Å². The molecule has 0 aliphatic rings. The van der Waals surface area contributed by atoms with Crippen LogP contribution in [0.25, 0.3) is 0 Å². The Morgan fingerprint density at radius 3 is 2.50 bits per heavy atom. The third-order valence-electron chi connectivity index (χ3n) is 2.37. The molecule has 0 aliphatic heterocycles. The van der Waals surface area contributed by atoms with Crippen LogP contribution in [0.15, 0.2) is 17.3 Å². The highest BCUT2D eigenvalue weighted by Crippen LogP contribution is 2.27. The predicted octanol–water partition coefficient (Wildman–Crippen LogP) is 3.11. The zero-order valence-corrected chi connectivity index (χ0v) is 10.1. The van der Waals surface area contributed by atoms with Crippen molar-refractivity contribution in [2.45, 2.75) is 38.0 Å². The average molecular weight is 210 g/mol. The van der Waals surface area contributed by atoms with Gasteiger partial charge in [0.25, 0.3) is 0 Å². The van der Waals surface area contributed by atoms with Crippen LogP contribution >= 0.6 is 11.8 Å². The van der Waals surface area contributed by atoms with Gasteiger partial charge in [-0.15, -0.1) is 11.8 Å². The molecular formula is C11H18N2S. The summed E-state index contributed by atoms with van der Waals surface area (Å²) in [5.41, 5.74) is 7.59. The topological polar surface area (TPSA) is 38.9 Å². The third kappa shape index (κ3) is 2.91. The lowest BCUT2D eigenvalue weighted by Gasteiger charge is -2.14. The average Bonchev–Trinajstić information content (AvgIpc) is 2.11. The molecule has 14 heavy (non-hydrogen) atoms. The molecule has 1 rings (SSSR count). The van der Waals surface area contributed by atoms with Crippen molar-refractivity contribution in [1.82, 2.24) is 4.98 Å². The maximum absolute atomic E-state index is 5.71. The Kier molecular flexibility index (Phi) is 3.81. The molecule has 1 atom stereocenters. The maximum Gasteiger partial charge on any atom is 0.0966 e. The first-order valence-corrected chi connectivity index (χ1v) is 5.77. The lowest BCUT2D eigenvalue weighted by atomic mass is 10.2. The highest BCUT2D eigenvalue weighted by Gasteiger charge is 2.09. The predicted molar refractivity (Wildman–Crippen MR) is 63.5 cm³/mol. The molecule has 0 saturated heterocycles. The molecule has 1 aromatic rings. The largest absolute Gasteiger partial charge is 0.397 e. The van der Waals surface area contributed by atoms with Gasteiger partial charge >= 0.3 is 0 Å². The Labute approximate surface area is 90.3 Å². The van der Waals surface area contributed by atoms with E-state index in [-0.39, 0.29) is 0 Å². The summed E-state index contributed by atoms with van der Waals surface area (Å²) in [5.74, 6) is 0.666. The highest BCUT2D eigenvalue weighted by molar-refractivity contribution is 7.99. The minimum atomic E-state index is 0.588. The first kappa shape index (κ1) is 11.4. The molecule has 1 heterocycles. The molecule has 0 fully saturated rings. The fraction of sp³-hybridized carbons (Fsp3) is 0.545. The van der Waals surface area contributed by atoms with Crippen molar-refractivity contribution in [3.63, 3.8) is 0 Å². The monoisotopic (exact) mass is 210 g/mol. The van der Waals surface area contributed by atoms with Gasteiger partial charge < -0.3 is 5.73 Å². The van der Waals surface area contributed by atoms with E-state index in [9.17, 15) is 0 Å². The normalized spacial score (nSPS) is 13.2. The molecule has 0 bridgehead atoms. The minimum Gasteiger partial charge on any atom is -0.397 e. The fourth-order valence-electron chi connectivity index (χ4n) is 0.932. The van der Waals surface area contributed by atoms with Crippen LogP contribution in [0.2, 0.25) is 0 Å². The molecule has 0 aromatic carbocycles. The van der Waals surface area contributed by atoms with Gasteiger partial charge in [-0.05, 0) is 24.5 Å². The van der Waals surface area contributed by atoms with Crippen LogP contribution < -0.4 is 5.73 Å². The summed E-state index contributed by atoms with van der Waals surface area (Å²) in [4.78, 5) is 4.30. The van der Waals surface area contributed by atoms with E-state index >= 15 is 0 Å². The summed E-state index contributed by atoms with van der Waals surface area (Å²) in [6.45, 7) is 8.69. The van der Waals surface area contributed by atoms with Crippen LogP contribution in [0, 0.1) is 12.8 Å². The van der Waals surface area contributed by atoms with Crippen LogP contribution in [0.1, 0.15) is 26.3 Å². The number of hydrogen-bond acceptors (Lipinski definition) is 3. The number of thioether (sulfide) groups is 1. The number of nitrogen functional groups attached to an aromatic ring is 1. The van der Waals surface area contributed by atoms with Crippen LogP contribution in [-0.2, 0) is 0 Å². The van der Waals surface area contributed by atoms with Crippen LogP contribution in [-0.4, -0.2) is 10.2 Å². The summed E-state index contributed by atoms with van der Waals surface area (Å²) in [7, 11) is 0. The van der Waals surface area contributed by atoms with Crippen molar-refractivity contribution in [3.05, 3.63) is 17.8 Å². The summed E-state index contributed by atoms with van der Waals surface area (Å²) in [6, 6.07) is 2.05. The number of rotatable bonds is 3. The molecule has 0 spiro atoms. The second kappa shape index (κ2) is 4.69. The molecule has 3 heteroatoms. The van der Waals surface area contributed by atoms with Gasteiger partial charge in [-0.25, -0.2) is 4.98 Å². The lowest BCUT2D eigenvalue weighted by Crippen LogP contribution is -2.06. The number of aryl methyl sites for hydroxylation is 1. The molecule has 1 unspecified atom stereocenters. The standard InChI is InChI=1S/C11H18N2S/c1-7(2)9(4)14-11-5-8(3)10(12)6-13-11/h5-7,9H,12H2,1-4H3. The zero-order valence-electron chi connectivity index (χ0n) is 9.24. The van der Waals surface area contributed by atoms with Gasteiger partial charge in [-0.3, -0.25) is 0 Å². The van der Waals surface area contributed by atoms with Crippen LogP contribution in [0.4, 0.5) is 5.69 Å². The quantitative estimate of drug-likeness (QED) is 0.779. The van der Waals surface area contributed by atoms with E-state index in [1.165, 1.54) is 0 Å². The van der Waals surface area contributed by atoms with E-state index in [1.54, 1.807) is 6.20 Å². The molecule has 0 amide bonds. The fourth-order valence-corrected chi connectivity index (χ4v) is 1.94. The Balaban J connectivity index is 2.73. The van der Waals surface area contributed by atoms with Crippen LogP contribution in [0.3, 0.4) is 0 Å². The second-order valence-corrected chi connectivity index (χ2v) is 5.34. The first-order chi connectivity index (χ1) is 6.50. The SMILES string of the molecule is Cc1cc(SC(C)C(C)C)ncc1N. The molecule has 0 radical (unpaired) electrons. The summed E-state index contributed by atoms with van der Waals surface area (Å²) < 4.78 is 0. The molecular weight excluding hydrogens is 192 g/mol. The van der Waals surface area contributed by atoms with Gasteiger partial charge in [-0.2, -0.15) is 0 Å². The Hall–Kier alpha value is -0.700. The molecule has 1 aromatic heterocycles. The van der Waals surface area contributed by atoms with Crippen molar-refractivity contribution in [2.75, 3.05) is 5.73 Å². The van der Waals surface area contributed by atoms with E-state index < -0.39 is 0 Å². The van der Waals surface area contributed by atoms with Crippen LogP contribution in [0.5, 0.6) is 0 Å². The summed E-state index contributed by atoms with van der Waals surface area (Å²) >= 11 is 1.81. The van der Waals surface area contributed by atoms with E-state index in [0.29, 0.717) is 11.2 Å². The first-order valence-electron chi connectivity index (χ1n) is 4.89. The highest BCUT2D eigenvalue weighted by atomic mass is 32.2. The summed E-state index contributed by atoms with van der Waals surface area (Å²) in [6.07, 6.45) is 1.74. The van der Waals surface area contributed by atoms with Gasteiger partial charge in [-0.1, -0.05) is 20.8 Å². The van der Waals surface area contributed by atoms with Crippen molar-refractivity contribution >= 4 is 17.4 Å². The molecule has 2 N–H and O–H groups in total. The van der Waals surface area contributed by atoms with E-state index in [0.717, 1.165) is 16.3 Å². The number of hydrogen-bond donors (Lipinski definition) is 1. The van der Waals surface area contributed by atoms with Gasteiger partial charge in [0.2, 0.25) is 0 Å². The molecule has 0 aliphatic carbocycles. The van der Waals surface area contributed by atoms with Crippen molar-refractivity contribution < 1.29 is 0 Å². The second-order valence-electron chi connectivity index (χ2n) is 3.95. The Morgan fingerprint density at radius 1 is 1.36 bits per heavy atom. The van der Waals surface area contributed by atoms with Gasteiger partial charge in [0, 0.05) is 5.25 Å². The molecule has 2 nitrogen and oxygen atoms in total. The van der Waals surface area contributed by atoms with Gasteiger partial charge in [0.1, 0.15) is 0 Å². The number of pyridine rings is 1. The Morgan fingerprint density at radius 2 is 2.00 bits per heavy atom. The maximum atomic E-state index is 5.71. The number of nitrogens with zero attached hydrogens (tertiary/aromatic N) is 1. The third-order valence-corrected chi connectivity index (χ3v) is 3.75. The molecule has 78 valence electrons.